The molecule has 0 aliphatic heterocycles. The van der Waals surface area contributed by atoms with E-state index in [9.17, 15) is 4.39 Å². The topological polar surface area (TPSA) is 17.8 Å². The van der Waals surface area contributed by atoms with Gasteiger partial charge in [0.05, 0.1) is 0 Å². The summed E-state index contributed by atoms with van der Waals surface area (Å²) in [4.78, 5) is 0.912. The Hall–Kier alpha value is -0.222. The molecule has 2 aromatic rings. The van der Waals surface area contributed by atoms with E-state index in [1.807, 2.05) is 12.3 Å². The van der Waals surface area contributed by atoms with E-state index in [2.05, 4.69) is 5.10 Å². The Morgan fingerprint density at radius 2 is 2.33 bits per heavy atom. The van der Waals surface area contributed by atoms with Gasteiger partial charge in [0.2, 0.25) is 0 Å². The van der Waals surface area contributed by atoms with Crippen molar-refractivity contribution < 1.29 is 23.7 Å². The fourth-order valence-electron chi connectivity index (χ4n) is 1.28. The molecular formula is C11H8ClFN2S2W. The Bertz CT molecular complexity index is 651. The summed E-state index contributed by atoms with van der Waals surface area (Å²) in [6.45, 7) is 0. The van der Waals surface area contributed by atoms with Gasteiger partial charge in [0, 0.05) is 0 Å². The summed E-state index contributed by atoms with van der Waals surface area (Å²) >= 11 is 10.0. The molecule has 18 heavy (non-hydrogen) atoms. The number of hydrogen-bond donors (Lipinski definition) is 0. The van der Waals surface area contributed by atoms with Crippen LogP contribution < -0.4 is 0 Å². The average Bonchev–Trinajstić information content (AvgIpc) is 2.66. The van der Waals surface area contributed by atoms with Gasteiger partial charge >= 0.3 is 129 Å². The van der Waals surface area contributed by atoms with Crippen molar-refractivity contribution in [1.82, 2.24) is 9.78 Å². The summed E-state index contributed by atoms with van der Waals surface area (Å²) in [5, 5.41) is 4.10. The summed E-state index contributed by atoms with van der Waals surface area (Å²) < 4.78 is 16.9. The van der Waals surface area contributed by atoms with Gasteiger partial charge in [0.15, 0.2) is 0 Å². The predicted molar refractivity (Wildman–Crippen MR) is 71.8 cm³/mol. The molecule has 0 aliphatic rings. The zero-order valence-corrected chi connectivity index (χ0v) is 14.6. The van der Waals surface area contributed by atoms with E-state index in [0.717, 1.165) is 7.88 Å². The summed E-state index contributed by atoms with van der Waals surface area (Å²) in [6.07, 6.45) is 5.34. The fraction of sp³-hybridized carbons (Fsp3) is 0.0909. The van der Waals surface area contributed by atoms with Gasteiger partial charge in [-0.3, -0.25) is 0 Å². The number of benzene rings is 1. The number of rotatable bonds is 3. The molecule has 0 saturated heterocycles. The molecule has 0 N–H and O–H groups in total. The van der Waals surface area contributed by atoms with Gasteiger partial charge in [-0.15, -0.1) is 0 Å². The molecule has 0 fully saturated rings. The zero-order valence-electron chi connectivity index (χ0n) is 9.26. The van der Waals surface area contributed by atoms with Crippen molar-refractivity contribution in [2.45, 2.75) is 4.90 Å². The van der Waals surface area contributed by atoms with Crippen LogP contribution in [0.2, 0.25) is 4.47 Å². The summed E-state index contributed by atoms with van der Waals surface area (Å²) in [6, 6.07) is 5.18. The molecule has 0 aliphatic carbocycles. The molecule has 0 amide bonds. The van der Waals surface area contributed by atoms with Gasteiger partial charge in [-0.05, 0) is 0 Å². The molecule has 94 valence electrons. The molecule has 0 atom stereocenters. The molecule has 7 heteroatoms. The van der Waals surface area contributed by atoms with Crippen molar-refractivity contribution in [2.75, 3.05) is 6.26 Å². The molecule has 0 radical (unpaired) electrons. The van der Waals surface area contributed by atoms with Crippen LogP contribution in [0, 0.1) is 8.80 Å². The van der Waals surface area contributed by atoms with Crippen LogP contribution in [0.5, 0.6) is 0 Å². The molecule has 0 spiro atoms. The first kappa shape index (κ1) is 14.2. The van der Waals surface area contributed by atoms with Crippen LogP contribution in [0.25, 0.3) is 12.3 Å². The van der Waals surface area contributed by atoms with Crippen LogP contribution in [-0.4, -0.2) is 16.0 Å². The second-order valence-electron chi connectivity index (χ2n) is 3.27. The third-order valence-corrected chi connectivity index (χ3v) is 5.36. The van der Waals surface area contributed by atoms with E-state index in [1.165, 1.54) is 48.5 Å². The normalized spacial score (nSPS) is 11.3. The number of aromatic nitrogens is 2. The van der Waals surface area contributed by atoms with Crippen LogP contribution >= 0.6 is 34.7 Å². The molecule has 0 unspecified atom stereocenters. The molecule has 0 saturated carbocycles. The molecule has 1 heterocycles. The van der Waals surface area contributed by atoms with E-state index in [4.69, 9.17) is 11.6 Å². The minimum absolute atomic E-state index is 0.231. The van der Waals surface area contributed by atoms with Crippen LogP contribution in [0.1, 0.15) is 5.56 Å². The standard InChI is InChI=1S/C11H8ClFN2S2.W/c1-16-9-3-2-8(10(13)6-9)4-5-15-7-17-11(12)14-15;/h2-6H,1H3;. The third-order valence-electron chi connectivity index (χ3n) is 2.15. The Morgan fingerprint density at radius 1 is 1.56 bits per heavy atom. The quantitative estimate of drug-likeness (QED) is 0.627. The Morgan fingerprint density at radius 3 is 2.89 bits per heavy atom. The Labute approximate surface area is 128 Å². The van der Waals surface area contributed by atoms with Gasteiger partial charge in [-0.2, -0.15) is 0 Å². The number of nitrogens with zero attached hydrogens (tertiary/aromatic N) is 2. The van der Waals surface area contributed by atoms with E-state index in [-0.39, 0.29) is 5.82 Å². The molecule has 2 nitrogen and oxygen atoms in total. The zero-order chi connectivity index (χ0) is 13.1. The van der Waals surface area contributed by atoms with Gasteiger partial charge < -0.3 is 0 Å². The molecule has 0 bridgehead atoms. The van der Waals surface area contributed by atoms with Crippen molar-refractivity contribution in [2.24, 2.45) is 0 Å². The number of hydrogen-bond acceptors (Lipinski definition) is 3. The third kappa shape index (κ3) is 3.41. The van der Waals surface area contributed by atoms with E-state index in [1.54, 1.807) is 23.0 Å². The monoisotopic (exact) mass is 470 g/mol. The van der Waals surface area contributed by atoms with Crippen LogP contribution in [0.4, 0.5) is 4.39 Å². The summed E-state index contributed by atoms with van der Waals surface area (Å²) in [7, 11) is 0. The van der Waals surface area contributed by atoms with Crippen molar-refractivity contribution >= 4 is 47.0 Å². The first-order chi connectivity index (χ1) is 8.60. The Balaban J connectivity index is 2.29. The predicted octanol–water partition coefficient (Wildman–Crippen LogP) is 4.17. The van der Waals surface area contributed by atoms with Crippen LogP contribution in [0.3, 0.4) is 0 Å². The summed E-state index contributed by atoms with van der Waals surface area (Å²) in [5.74, 6) is -0.231. The van der Waals surface area contributed by atoms with Crippen LogP contribution in [0.15, 0.2) is 23.1 Å². The van der Waals surface area contributed by atoms with Crippen molar-refractivity contribution in [3.8, 4) is 0 Å². The maximum atomic E-state index is 13.7. The van der Waals surface area contributed by atoms with E-state index >= 15 is 0 Å². The molecule has 1 aromatic carbocycles. The van der Waals surface area contributed by atoms with Gasteiger partial charge in [-0.25, -0.2) is 0 Å². The van der Waals surface area contributed by atoms with E-state index < -0.39 is 0 Å². The van der Waals surface area contributed by atoms with Crippen molar-refractivity contribution in [3.05, 3.63) is 37.0 Å². The van der Waals surface area contributed by atoms with Crippen LogP contribution in [-0.2, 0) is 19.4 Å². The second-order valence-corrected chi connectivity index (χ2v) is 8.12. The first-order valence-corrected chi connectivity index (χ1v) is 8.75. The average molecular weight is 471 g/mol. The SMILES string of the molecule is CSc1ccc(C=Cn2nc(Cl)s[c]2=[W])c(F)c1. The minimum atomic E-state index is -0.231. The van der Waals surface area contributed by atoms with Crippen molar-refractivity contribution in [1.29, 1.82) is 0 Å². The van der Waals surface area contributed by atoms with E-state index in [0.29, 0.717) is 10.0 Å². The van der Waals surface area contributed by atoms with Crippen molar-refractivity contribution in [3.63, 3.8) is 0 Å². The fourth-order valence-corrected chi connectivity index (χ4v) is 4.24. The summed E-state index contributed by atoms with van der Waals surface area (Å²) in [5.41, 5.74) is 0.541. The number of halogens is 2. The molecular weight excluding hydrogens is 463 g/mol. The van der Waals surface area contributed by atoms with Gasteiger partial charge in [0.25, 0.3) is 0 Å². The van der Waals surface area contributed by atoms with Gasteiger partial charge in [-0.1, -0.05) is 0 Å². The molecule has 2 rings (SSSR count). The molecule has 1 aromatic heterocycles. The number of thioether (sulfide) groups is 1. The van der Waals surface area contributed by atoms with Gasteiger partial charge in [0.1, 0.15) is 0 Å². The second kappa shape index (κ2) is 6.29. The maximum absolute atomic E-state index is 13.7. The first-order valence-electron chi connectivity index (χ1n) is 4.87. The Kier molecular flexibility index (Phi) is 4.96.